The van der Waals surface area contributed by atoms with Crippen molar-refractivity contribution >= 4 is 10.2 Å². The topological polar surface area (TPSA) is 74.6 Å². The maximum Gasteiger partial charge on any atom is 0.280 e. The Labute approximate surface area is 127 Å². The van der Waals surface area contributed by atoms with Crippen LogP contribution in [0.2, 0.25) is 0 Å². The second kappa shape index (κ2) is 7.40. The van der Waals surface area contributed by atoms with Gasteiger partial charge in [-0.15, -0.1) is 0 Å². The Hall–Kier alpha value is -0.890. The summed E-state index contributed by atoms with van der Waals surface area (Å²) in [7, 11) is -3.47. The summed E-state index contributed by atoms with van der Waals surface area (Å²) in [6.07, 6.45) is 3.53. The molecule has 2 atom stereocenters. The number of nitrogens with one attached hydrogen (secondary N) is 2. The normalized spacial score (nSPS) is 22.3. The summed E-state index contributed by atoms with van der Waals surface area (Å²) >= 11 is 0. The molecule has 1 aromatic rings. The SMILES string of the molecule is CCNCC1CCCN(S(=O)(=O)NC(C)c2ccco2)C1. The van der Waals surface area contributed by atoms with E-state index in [1.165, 1.54) is 0 Å². The number of hydrogen-bond donors (Lipinski definition) is 2. The third-order valence-corrected chi connectivity index (χ3v) is 5.46. The Balaban J connectivity index is 1.95. The zero-order valence-electron chi connectivity index (χ0n) is 12.7. The quantitative estimate of drug-likeness (QED) is 0.799. The highest BCUT2D eigenvalue weighted by atomic mass is 32.2. The smallest absolute Gasteiger partial charge is 0.280 e. The van der Waals surface area contributed by atoms with E-state index in [2.05, 4.69) is 17.0 Å². The van der Waals surface area contributed by atoms with Crippen LogP contribution in [0, 0.1) is 5.92 Å². The van der Waals surface area contributed by atoms with Crippen molar-refractivity contribution in [2.24, 2.45) is 5.92 Å². The lowest BCUT2D eigenvalue weighted by atomic mass is 10.00. The van der Waals surface area contributed by atoms with Crippen molar-refractivity contribution in [2.45, 2.75) is 32.7 Å². The average molecular weight is 315 g/mol. The van der Waals surface area contributed by atoms with Crippen LogP contribution in [0.15, 0.2) is 22.8 Å². The molecule has 0 spiro atoms. The fourth-order valence-corrected chi connectivity index (χ4v) is 4.14. The third-order valence-electron chi connectivity index (χ3n) is 3.80. The summed E-state index contributed by atoms with van der Waals surface area (Å²) in [6.45, 7) is 6.80. The zero-order valence-corrected chi connectivity index (χ0v) is 13.5. The minimum absolute atomic E-state index is 0.362. The van der Waals surface area contributed by atoms with E-state index in [0.717, 1.165) is 25.9 Å². The molecular formula is C14H25N3O3S. The first kappa shape index (κ1) is 16.5. The molecule has 2 N–H and O–H groups in total. The molecule has 0 saturated carbocycles. The molecule has 1 fully saturated rings. The van der Waals surface area contributed by atoms with E-state index >= 15 is 0 Å². The molecule has 2 heterocycles. The van der Waals surface area contributed by atoms with E-state index in [0.29, 0.717) is 24.8 Å². The Bertz CT molecular complexity index is 516. The fraction of sp³-hybridized carbons (Fsp3) is 0.714. The van der Waals surface area contributed by atoms with Gasteiger partial charge in [-0.3, -0.25) is 0 Å². The van der Waals surface area contributed by atoms with Gasteiger partial charge >= 0.3 is 0 Å². The van der Waals surface area contributed by atoms with E-state index in [4.69, 9.17) is 4.42 Å². The van der Waals surface area contributed by atoms with Crippen molar-refractivity contribution < 1.29 is 12.8 Å². The minimum atomic E-state index is -3.47. The van der Waals surface area contributed by atoms with Crippen molar-refractivity contribution in [3.05, 3.63) is 24.2 Å². The molecule has 7 heteroatoms. The van der Waals surface area contributed by atoms with Gasteiger partial charge in [0.15, 0.2) is 0 Å². The molecule has 21 heavy (non-hydrogen) atoms. The van der Waals surface area contributed by atoms with Crippen molar-refractivity contribution in [3.8, 4) is 0 Å². The predicted molar refractivity (Wildman–Crippen MR) is 82.0 cm³/mol. The molecule has 0 bridgehead atoms. The summed E-state index contributed by atoms with van der Waals surface area (Å²) in [4.78, 5) is 0. The molecule has 1 saturated heterocycles. The van der Waals surface area contributed by atoms with E-state index in [-0.39, 0.29) is 6.04 Å². The van der Waals surface area contributed by atoms with Crippen LogP contribution in [0.3, 0.4) is 0 Å². The Morgan fingerprint density at radius 1 is 1.52 bits per heavy atom. The lowest BCUT2D eigenvalue weighted by Crippen LogP contribution is -2.48. The predicted octanol–water partition coefficient (Wildman–Crippen LogP) is 1.50. The molecule has 0 aliphatic carbocycles. The Morgan fingerprint density at radius 3 is 3.00 bits per heavy atom. The molecule has 6 nitrogen and oxygen atoms in total. The van der Waals surface area contributed by atoms with Gasteiger partial charge < -0.3 is 9.73 Å². The molecule has 0 radical (unpaired) electrons. The largest absolute Gasteiger partial charge is 0.468 e. The standard InChI is InChI=1S/C14H25N3O3S/c1-3-15-10-13-6-4-8-17(11-13)21(18,19)16-12(2)14-7-5-9-20-14/h5,7,9,12-13,15-16H,3-4,6,8,10-11H2,1-2H3. The highest BCUT2D eigenvalue weighted by Crippen LogP contribution is 2.20. The molecule has 1 aliphatic heterocycles. The van der Waals surface area contributed by atoms with Crippen LogP contribution in [0.25, 0.3) is 0 Å². The van der Waals surface area contributed by atoms with Crippen LogP contribution >= 0.6 is 0 Å². The molecule has 2 rings (SSSR count). The van der Waals surface area contributed by atoms with Gasteiger partial charge in [0.05, 0.1) is 12.3 Å². The highest BCUT2D eigenvalue weighted by Gasteiger charge is 2.30. The van der Waals surface area contributed by atoms with E-state index in [1.807, 2.05) is 0 Å². The summed E-state index contributed by atoms with van der Waals surface area (Å²) in [6, 6.07) is 3.17. The van der Waals surface area contributed by atoms with Crippen LogP contribution in [-0.4, -0.2) is 38.9 Å². The van der Waals surface area contributed by atoms with Crippen molar-refractivity contribution in [2.75, 3.05) is 26.2 Å². The number of hydrogen-bond acceptors (Lipinski definition) is 4. The van der Waals surface area contributed by atoms with E-state index < -0.39 is 10.2 Å². The van der Waals surface area contributed by atoms with E-state index in [1.54, 1.807) is 29.6 Å². The lowest BCUT2D eigenvalue weighted by Gasteiger charge is -2.32. The molecule has 1 aromatic heterocycles. The fourth-order valence-electron chi connectivity index (χ4n) is 2.65. The van der Waals surface area contributed by atoms with E-state index in [9.17, 15) is 8.42 Å². The first-order chi connectivity index (χ1) is 10.0. The maximum atomic E-state index is 12.5. The molecule has 0 amide bonds. The van der Waals surface area contributed by atoms with Gasteiger partial charge in [0, 0.05) is 13.1 Å². The average Bonchev–Trinajstić information content (AvgIpc) is 2.99. The third kappa shape index (κ3) is 4.54. The summed E-state index contributed by atoms with van der Waals surface area (Å²) < 4.78 is 34.4. The number of rotatable bonds is 7. The minimum Gasteiger partial charge on any atom is -0.468 e. The molecule has 120 valence electrons. The van der Waals surface area contributed by atoms with Gasteiger partial charge in [-0.1, -0.05) is 6.92 Å². The first-order valence-corrected chi connectivity index (χ1v) is 8.98. The van der Waals surface area contributed by atoms with Crippen LogP contribution < -0.4 is 10.0 Å². The summed E-state index contributed by atoms with van der Waals surface area (Å²) in [5.41, 5.74) is 0. The number of furan rings is 1. The maximum absolute atomic E-state index is 12.5. The summed E-state index contributed by atoms with van der Waals surface area (Å²) in [5.74, 6) is 1.01. The molecule has 2 unspecified atom stereocenters. The van der Waals surface area contributed by atoms with Crippen LogP contribution in [0.4, 0.5) is 0 Å². The van der Waals surface area contributed by atoms with Crippen molar-refractivity contribution in [1.29, 1.82) is 0 Å². The molecule has 0 aromatic carbocycles. The van der Waals surface area contributed by atoms with Crippen molar-refractivity contribution in [3.63, 3.8) is 0 Å². The van der Waals surface area contributed by atoms with Gasteiger partial charge in [0.1, 0.15) is 5.76 Å². The molecule has 1 aliphatic rings. The van der Waals surface area contributed by atoms with Gasteiger partial charge in [0.2, 0.25) is 0 Å². The number of nitrogens with zero attached hydrogens (tertiary/aromatic N) is 1. The lowest BCUT2D eigenvalue weighted by molar-refractivity contribution is 0.257. The van der Waals surface area contributed by atoms with Crippen LogP contribution in [0.1, 0.15) is 38.5 Å². The Kier molecular flexibility index (Phi) is 5.80. The van der Waals surface area contributed by atoms with Gasteiger partial charge in [0.25, 0.3) is 10.2 Å². The highest BCUT2D eigenvalue weighted by molar-refractivity contribution is 7.87. The van der Waals surface area contributed by atoms with Gasteiger partial charge in [-0.05, 0) is 50.9 Å². The zero-order chi connectivity index (χ0) is 15.3. The van der Waals surface area contributed by atoms with Gasteiger partial charge in [-0.2, -0.15) is 17.4 Å². The monoisotopic (exact) mass is 315 g/mol. The summed E-state index contributed by atoms with van der Waals surface area (Å²) in [5, 5.41) is 3.30. The van der Waals surface area contributed by atoms with Gasteiger partial charge in [-0.25, -0.2) is 0 Å². The van der Waals surface area contributed by atoms with Crippen molar-refractivity contribution in [1.82, 2.24) is 14.3 Å². The van der Waals surface area contributed by atoms with Crippen LogP contribution in [0.5, 0.6) is 0 Å². The Morgan fingerprint density at radius 2 is 2.33 bits per heavy atom. The first-order valence-electron chi connectivity index (χ1n) is 7.54. The second-order valence-electron chi connectivity index (χ2n) is 5.53. The number of piperidine rings is 1. The second-order valence-corrected chi connectivity index (χ2v) is 7.24. The molecular weight excluding hydrogens is 290 g/mol. The van der Waals surface area contributed by atoms with Crippen LogP contribution in [-0.2, 0) is 10.2 Å².